The van der Waals surface area contributed by atoms with Crippen molar-refractivity contribution in [1.29, 1.82) is 0 Å². The second kappa shape index (κ2) is 5.90. The van der Waals surface area contributed by atoms with Gasteiger partial charge in [-0.3, -0.25) is 9.59 Å². The summed E-state index contributed by atoms with van der Waals surface area (Å²) in [7, 11) is 0. The fourth-order valence-corrected chi connectivity index (χ4v) is 3.11. The maximum Gasteiger partial charge on any atom is 0.297 e. The molecule has 0 spiro atoms. The molecule has 118 valence electrons. The van der Waals surface area contributed by atoms with Crippen LogP contribution >= 0.6 is 0 Å². The van der Waals surface area contributed by atoms with Gasteiger partial charge in [-0.2, -0.15) is 5.10 Å². The van der Waals surface area contributed by atoms with Crippen LogP contribution in [-0.4, -0.2) is 26.9 Å². The lowest BCUT2D eigenvalue weighted by Gasteiger charge is -2.22. The van der Waals surface area contributed by atoms with Crippen molar-refractivity contribution in [3.05, 3.63) is 21.8 Å². The second-order valence-electron chi connectivity index (χ2n) is 5.91. The van der Waals surface area contributed by atoms with Crippen molar-refractivity contribution in [2.45, 2.75) is 58.5 Å². The number of carbonyl (C=O) groups is 1. The molecule has 1 N–H and O–H groups in total. The molecule has 0 radical (unpaired) electrons. The Bertz CT molecular complexity index is 756. The summed E-state index contributed by atoms with van der Waals surface area (Å²) in [6.07, 6.45) is 5.54. The summed E-state index contributed by atoms with van der Waals surface area (Å²) in [5, 5.41) is 11.6. The maximum atomic E-state index is 12.3. The Balaban J connectivity index is 1.80. The van der Waals surface area contributed by atoms with Gasteiger partial charge in [0.15, 0.2) is 5.52 Å². The predicted molar refractivity (Wildman–Crippen MR) is 80.6 cm³/mol. The highest BCUT2D eigenvalue weighted by molar-refractivity contribution is 5.82. The Hall–Kier alpha value is -2.18. The van der Waals surface area contributed by atoms with Crippen molar-refractivity contribution in [3.63, 3.8) is 0 Å². The molecule has 1 fully saturated rings. The molecule has 1 aliphatic rings. The number of amides is 1. The molecule has 0 aliphatic heterocycles. The highest BCUT2D eigenvalue weighted by atomic mass is 16.5. The first-order valence-corrected chi connectivity index (χ1v) is 7.69. The van der Waals surface area contributed by atoms with E-state index in [1.165, 1.54) is 6.42 Å². The van der Waals surface area contributed by atoms with Crippen LogP contribution in [0.3, 0.4) is 0 Å². The summed E-state index contributed by atoms with van der Waals surface area (Å²) >= 11 is 0. The first kappa shape index (κ1) is 14.7. The van der Waals surface area contributed by atoms with E-state index in [-0.39, 0.29) is 24.0 Å². The average molecular weight is 304 g/mol. The largest absolute Gasteiger partial charge is 0.360 e. The van der Waals surface area contributed by atoms with E-state index in [0.717, 1.165) is 30.4 Å². The van der Waals surface area contributed by atoms with Crippen molar-refractivity contribution < 1.29 is 9.32 Å². The molecular formula is C15H20N4O3. The molecule has 0 saturated heterocycles. The summed E-state index contributed by atoms with van der Waals surface area (Å²) in [6.45, 7) is 3.43. The SMILES string of the molecule is Cc1nn(CC(=O)NC2CCCCC2)c(=O)c2noc(C)c12. The van der Waals surface area contributed by atoms with Crippen LogP contribution in [0.2, 0.25) is 0 Å². The normalized spacial score (nSPS) is 16.1. The Morgan fingerprint density at radius 2 is 2.05 bits per heavy atom. The zero-order chi connectivity index (χ0) is 15.7. The van der Waals surface area contributed by atoms with Gasteiger partial charge in [0.05, 0.1) is 11.1 Å². The number of hydrogen-bond acceptors (Lipinski definition) is 5. The quantitative estimate of drug-likeness (QED) is 0.927. The minimum absolute atomic E-state index is 0.0853. The van der Waals surface area contributed by atoms with Gasteiger partial charge in [-0.15, -0.1) is 0 Å². The van der Waals surface area contributed by atoms with Crippen LogP contribution in [0.5, 0.6) is 0 Å². The number of carbonyl (C=O) groups excluding carboxylic acids is 1. The molecule has 2 heterocycles. The Kier molecular flexibility index (Phi) is 3.96. The van der Waals surface area contributed by atoms with E-state index < -0.39 is 5.56 Å². The average Bonchev–Trinajstić information content (AvgIpc) is 2.88. The lowest BCUT2D eigenvalue weighted by molar-refractivity contribution is -0.122. The van der Waals surface area contributed by atoms with Crippen molar-refractivity contribution in [3.8, 4) is 0 Å². The molecule has 1 aliphatic carbocycles. The second-order valence-corrected chi connectivity index (χ2v) is 5.91. The summed E-state index contributed by atoms with van der Waals surface area (Å²) in [4.78, 5) is 24.5. The Labute approximate surface area is 127 Å². The molecule has 7 heteroatoms. The van der Waals surface area contributed by atoms with Crippen LogP contribution < -0.4 is 10.9 Å². The summed E-state index contributed by atoms with van der Waals surface area (Å²) in [5.41, 5.74) is 0.477. The summed E-state index contributed by atoms with van der Waals surface area (Å²) in [6, 6.07) is 0.219. The van der Waals surface area contributed by atoms with E-state index in [2.05, 4.69) is 15.6 Å². The summed E-state index contributed by atoms with van der Waals surface area (Å²) in [5.74, 6) is 0.386. The Morgan fingerprint density at radius 3 is 2.77 bits per heavy atom. The number of nitrogens with zero attached hydrogens (tertiary/aromatic N) is 3. The van der Waals surface area contributed by atoms with Crippen LogP contribution in [0.25, 0.3) is 10.9 Å². The fourth-order valence-electron chi connectivity index (χ4n) is 3.11. The van der Waals surface area contributed by atoms with E-state index in [1.807, 2.05) is 0 Å². The first-order chi connectivity index (χ1) is 10.6. The zero-order valence-corrected chi connectivity index (χ0v) is 12.9. The van der Waals surface area contributed by atoms with Gasteiger partial charge in [0.1, 0.15) is 12.3 Å². The third kappa shape index (κ3) is 2.75. The predicted octanol–water partition coefficient (Wildman–Crippen LogP) is 1.45. The van der Waals surface area contributed by atoms with Crippen LogP contribution in [0.1, 0.15) is 43.6 Å². The molecule has 1 saturated carbocycles. The van der Waals surface area contributed by atoms with E-state index in [4.69, 9.17) is 4.52 Å². The van der Waals surface area contributed by atoms with Gasteiger partial charge in [0, 0.05) is 6.04 Å². The number of nitrogens with one attached hydrogen (secondary N) is 1. The molecular weight excluding hydrogens is 284 g/mol. The van der Waals surface area contributed by atoms with Gasteiger partial charge < -0.3 is 9.84 Å². The minimum Gasteiger partial charge on any atom is -0.360 e. The van der Waals surface area contributed by atoms with Crippen molar-refractivity contribution >= 4 is 16.8 Å². The molecule has 22 heavy (non-hydrogen) atoms. The maximum absolute atomic E-state index is 12.3. The number of rotatable bonds is 3. The Morgan fingerprint density at radius 1 is 1.32 bits per heavy atom. The zero-order valence-electron chi connectivity index (χ0n) is 12.9. The molecule has 1 amide bonds. The standard InChI is InChI=1S/C15H20N4O3/c1-9-13-10(2)22-18-14(13)15(21)19(17-9)8-12(20)16-11-6-4-3-5-7-11/h11H,3-8H2,1-2H3,(H,16,20). The highest BCUT2D eigenvalue weighted by Gasteiger charge is 2.19. The van der Waals surface area contributed by atoms with Gasteiger partial charge in [-0.25, -0.2) is 4.68 Å². The van der Waals surface area contributed by atoms with Crippen LogP contribution in [0.15, 0.2) is 9.32 Å². The summed E-state index contributed by atoms with van der Waals surface area (Å²) < 4.78 is 6.22. The van der Waals surface area contributed by atoms with Crippen molar-refractivity contribution in [2.24, 2.45) is 0 Å². The van der Waals surface area contributed by atoms with Gasteiger partial charge >= 0.3 is 0 Å². The lowest BCUT2D eigenvalue weighted by atomic mass is 9.95. The van der Waals surface area contributed by atoms with Crippen LogP contribution in [-0.2, 0) is 11.3 Å². The van der Waals surface area contributed by atoms with Crippen molar-refractivity contribution in [2.75, 3.05) is 0 Å². The smallest absolute Gasteiger partial charge is 0.297 e. The van der Waals surface area contributed by atoms with E-state index in [1.54, 1.807) is 13.8 Å². The molecule has 2 aromatic rings. The van der Waals surface area contributed by atoms with E-state index in [0.29, 0.717) is 16.8 Å². The molecule has 3 rings (SSSR count). The topological polar surface area (TPSA) is 90.0 Å². The highest BCUT2D eigenvalue weighted by Crippen LogP contribution is 2.18. The number of aromatic nitrogens is 3. The number of fused-ring (bicyclic) bond motifs is 1. The van der Waals surface area contributed by atoms with Gasteiger partial charge in [-0.05, 0) is 26.7 Å². The molecule has 0 aromatic carbocycles. The van der Waals surface area contributed by atoms with Crippen molar-refractivity contribution in [1.82, 2.24) is 20.3 Å². The molecule has 7 nitrogen and oxygen atoms in total. The molecule has 0 atom stereocenters. The fraction of sp³-hybridized carbons (Fsp3) is 0.600. The van der Waals surface area contributed by atoms with E-state index in [9.17, 15) is 9.59 Å². The lowest BCUT2D eigenvalue weighted by Crippen LogP contribution is -2.40. The molecule has 0 bridgehead atoms. The first-order valence-electron chi connectivity index (χ1n) is 7.69. The van der Waals surface area contributed by atoms with Gasteiger partial charge in [0.25, 0.3) is 5.56 Å². The number of hydrogen-bond donors (Lipinski definition) is 1. The van der Waals surface area contributed by atoms with Crippen LogP contribution in [0.4, 0.5) is 0 Å². The van der Waals surface area contributed by atoms with E-state index >= 15 is 0 Å². The van der Waals surface area contributed by atoms with Crippen LogP contribution in [0, 0.1) is 13.8 Å². The third-order valence-electron chi connectivity index (χ3n) is 4.20. The molecule has 0 unspecified atom stereocenters. The van der Waals surface area contributed by atoms with Gasteiger partial charge in [0.2, 0.25) is 5.91 Å². The number of aryl methyl sites for hydroxylation is 2. The molecule has 2 aromatic heterocycles. The minimum atomic E-state index is -0.392. The monoisotopic (exact) mass is 304 g/mol. The van der Waals surface area contributed by atoms with Gasteiger partial charge in [-0.1, -0.05) is 24.4 Å². The third-order valence-corrected chi connectivity index (χ3v) is 4.20.